The first kappa shape index (κ1) is 25.8. The maximum atomic E-state index is 9.47. The molecule has 1 aliphatic heterocycles. The van der Waals surface area contributed by atoms with E-state index >= 15 is 0 Å². The molecule has 3 unspecified atom stereocenters. The summed E-state index contributed by atoms with van der Waals surface area (Å²) in [6.45, 7) is 10.6. The van der Waals surface area contributed by atoms with Crippen LogP contribution in [0.15, 0.2) is 63.3 Å². The zero-order valence-corrected chi connectivity index (χ0v) is 20.3. The van der Waals surface area contributed by atoms with Crippen LogP contribution in [0, 0.1) is 29.1 Å². The van der Waals surface area contributed by atoms with Crippen molar-refractivity contribution < 1.29 is 4.74 Å². The minimum absolute atomic E-state index is 0.167. The Labute approximate surface area is 198 Å². The molecule has 0 fully saturated rings. The second-order valence-corrected chi connectivity index (χ2v) is 8.03. The predicted molar refractivity (Wildman–Crippen MR) is 137 cm³/mol. The Morgan fingerprint density at radius 1 is 1.42 bits per heavy atom. The highest BCUT2D eigenvalue weighted by atomic mass is 16.5. The highest BCUT2D eigenvalue weighted by molar-refractivity contribution is 5.80. The van der Waals surface area contributed by atoms with Crippen LogP contribution in [0.1, 0.15) is 64.6 Å². The highest BCUT2D eigenvalue weighted by Gasteiger charge is 2.17. The molecule has 0 amide bonds. The Hall–Kier alpha value is -3.41. The van der Waals surface area contributed by atoms with Crippen molar-refractivity contribution >= 4 is 12.4 Å². The first-order valence-electron chi connectivity index (χ1n) is 11.4. The van der Waals surface area contributed by atoms with Crippen LogP contribution in [0.25, 0.3) is 0 Å². The smallest absolute Gasteiger partial charge is 0.145 e. The van der Waals surface area contributed by atoms with Gasteiger partial charge in [-0.05, 0) is 68.9 Å². The van der Waals surface area contributed by atoms with Gasteiger partial charge in [0, 0.05) is 18.3 Å². The summed E-state index contributed by atoms with van der Waals surface area (Å²) in [6, 6.07) is 7.26. The van der Waals surface area contributed by atoms with E-state index in [1.54, 1.807) is 31.5 Å². The molecule has 0 saturated heterocycles. The van der Waals surface area contributed by atoms with E-state index in [9.17, 15) is 5.26 Å². The van der Waals surface area contributed by atoms with Gasteiger partial charge < -0.3 is 10.5 Å². The predicted octanol–water partition coefficient (Wildman–Crippen LogP) is 5.70. The lowest BCUT2D eigenvalue weighted by molar-refractivity contribution is 0.446. The van der Waals surface area contributed by atoms with E-state index in [-0.39, 0.29) is 6.04 Å². The average molecular weight is 443 g/mol. The lowest BCUT2D eigenvalue weighted by Gasteiger charge is -2.18. The summed E-state index contributed by atoms with van der Waals surface area (Å²) < 4.78 is 6.36. The number of nitrogens with zero attached hydrogens (tertiary/aromatic N) is 3. The fourth-order valence-corrected chi connectivity index (χ4v) is 3.26. The van der Waals surface area contributed by atoms with Crippen LogP contribution in [0.5, 0.6) is 5.75 Å². The van der Waals surface area contributed by atoms with Crippen molar-refractivity contribution in [2.75, 3.05) is 6.54 Å². The molecule has 0 saturated carbocycles. The SMILES string of the molecule is CC#CC(/N=C\C(=C/C)CN)c1ccc(C#N)cc1OC1=C/C(C(C)CC)=C/CC(C)/N=C\1. The van der Waals surface area contributed by atoms with Crippen molar-refractivity contribution in [1.82, 2.24) is 0 Å². The first-order chi connectivity index (χ1) is 15.9. The van der Waals surface area contributed by atoms with Crippen LogP contribution in [-0.2, 0) is 0 Å². The molecule has 2 rings (SSSR count). The van der Waals surface area contributed by atoms with E-state index in [2.05, 4.69) is 54.7 Å². The summed E-state index contributed by atoms with van der Waals surface area (Å²) in [5.74, 6) is 7.68. The lowest BCUT2D eigenvalue weighted by Crippen LogP contribution is -2.09. The van der Waals surface area contributed by atoms with E-state index in [1.165, 1.54) is 5.57 Å². The van der Waals surface area contributed by atoms with Gasteiger partial charge in [0.2, 0.25) is 0 Å². The van der Waals surface area contributed by atoms with Crippen LogP contribution >= 0.6 is 0 Å². The van der Waals surface area contributed by atoms with Gasteiger partial charge in [0.15, 0.2) is 0 Å². The number of benzene rings is 1. The van der Waals surface area contributed by atoms with Crippen molar-refractivity contribution in [3.63, 3.8) is 0 Å². The molecule has 0 bridgehead atoms. The number of aliphatic imine (C=N–C) groups is 2. The van der Waals surface area contributed by atoms with Crippen LogP contribution in [0.2, 0.25) is 0 Å². The molecule has 3 atom stereocenters. The summed E-state index contributed by atoms with van der Waals surface area (Å²) in [6.07, 6.45) is 11.7. The molecule has 5 heteroatoms. The van der Waals surface area contributed by atoms with Gasteiger partial charge in [0.05, 0.1) is 23.9 Å². The third kappa shape index (κ3) is 7.59. The molecular weight excluding hydrogens is 408 g/mol. The van der Waals surface area contributed by atoms with Crippen molar-refractivity contribution in [3.05, 3.63) is 64.5 Å². The number of allylic oxidation sites excluding steroid dienone is 4. The van der Waals surface area contributed by atoms with Gasteiger partial charge in [-0.1, -0.05) is 38.0 Å². The van der Waals surface area contributed by atoms with Gasteiger partial charge in [0.1, 0.15) is 17.6 Å². The maximum Gasteiger partial charge on any atom is 0.145 e. The standard InChI is InChI=1S/C28H34N4O/c1-6-9-27(32-18-22(8-3)16-29)26-13-11-23(17-30)14-28(26)33-25-15-24(20(4)7-2)12-10-21(5)31-19-25/h8,11-15,18-21,27H,7,10,16,29H2,1-5H3/b22-8-,24-12-,25-15+,31-19-,32-18-. The fraction of sp³-hybridized carbons (Fsp3) is 0.393. The molecule has 0 aromatic heterocycles. The Morgan fingerprint density at radius 3 is 2.85 bits per heavy atom. The number of nitrogens with two attached hydrogens (primary N) is 1. The van der Waals surface area contributed by atoms with Gasteiger partial charge >= 0.3 is 0 Å². The highest BCUT2D eigenvalue weighted by Crippen LogP contribution is 2.31. The number of ether oxygens (including phenoxy) is 1. The summed E-state index contributed by atoms with van der Waals surface area (Å²) in [4.78, 5) is 9.27. The largest absolute Gasteiger partial charge is 0.455 e. The molecule has 5 nitrogen and oxygen atoms in total. The van der Waals surface area contributed by atoms with Crippen molar-refractivity contribution in [2.45, 2.75) is 59.5 Å². The lowest BCUT2D eigenvalue weighted by atomic mass is 9.95. The number of rotatable bonds is 8. The van der Waals surface area contributed by atoms with Crippen LogP contribution < -0.4 is 10.5 Å². The molecule has 172 valence electrons. The van der Waals surface area contributed by atoms with Crippen molar-refractivity contribution in [2.24, 2.45) is 21.6 Å². The molecule has 0 radical (unpaired) electrons. The summed E-state index contributed by atoms with van der Waals surface area (Å²) >= 11 is 0. The van der Waals surface area contributed by atoms with Gasteiger partial charge in [-0.25, -0.2) is 0 Å². The van der Waals surface area contributed by atoms with Crippen molar-refractivity contribution in [1.29, 1.82) is 5.26 Å². The normalized spacial score (nSPS) is 22.3. The number of hydrogen-bond acceptors (Lipinski definition) is 5. The second-order valence-electron chi connectivity index (χ2n) is 8.03. The van der Waals surface area contributed by atoms with Crippen LogP contribution in [0.4, 0.5) is 0 Å². The Bertz CT molecular complexity index is 1070. The molecular formula is C28H34N4O. The summed E-state index contributed by atoms with van der Waals surface area (Å²) in [5.41, 5.74) is 9.21. The Kier molecular flexibility index (Phi) is 10.3. The molecule has 1 heterocycles. The fourth-order valence-electron chi connectivity index (χ4n) is 3.26. The Morgan fingerprint density at radius 2 is 2.21 bits per heavy atom. The first-order valence-corrected chi connectivity index (χ1v) is 11.4. The minimum atomic E-state index is -0.450. The minimum Gasteiger partial charge on any atom is -0.455 e. The number of nitriles is 1. The quantitative estimate of drug-likeness (QED) is 0.414. The molecule has 2 N–H and O–H groups in total. The Balaban J connectivity index is 2.55. The van der Waals surface area contributed by atoms with Crippen molar-refractivity contribution in [3.8, 4) is 23.7 Å². The van der Waals surface area contributed by atoms with Crippen LogP contribution in [0.3, 0.4) is 0 Å². The van der Waals surface area contributed by atoms with E-state index < -0.39 is 6.04 Å². The molecule has 0 spiro atoms. The van der Waals surface area contributed by atoms with Crippen LogP contribution in [-0.4, -0.2) is 25.0 Å². The van der Waals surface area contributed by atoms with E-state index in [1.807, 2.05) is 25.1 Å². The zero-order chi connectivity index (χ0) is 24.2. The van der Waals surface area contributed by atoms with Gasteiger partial charge in [-0.15, -0.1) is 5.92 Å². The number of hydrogen-bond donors (Lipinski definition) is 1. The molecule has 1 aromatic carbocycles. The van der Waals surface area contributed by atoms with E-state index in [0.717, 1.165) is 24.0 Å². The van der Waals surface area contributed by atoms with Gasteiger partial charge in [-0.2, -0.15) is 5.26 Å². The molecule has 1 aromatic rings. The molecule has 0 aliphatic carbocycles. The topological polar surface area (TPSA) is 83.8 Å². The van der Waals surface area contributed by atoms with E-state index in [0.29, 0.717) is 29.5 Å². The van der Waals surface area contributed by atoms with Gasteiger partial charge in [-0.3, -0.25) is 9.98 Å². The average Bonchev–Trinajstić information content (AvgIpc) is 2.83. The molecule has 1 aliphatic rings. The zero-order valence-electron chi connectivity index (χ0n) is 20.3. The second kappa shape index (κ2) is 13.2. The third-order valence-corrected chi connectivity index (χ3v) is 5.58. The monoisotopic (exact) mass is 442 g/mol. The van der Waals surface area contributed by atoms with Gasteiger partial charge in [0.25, 0.3) is 0 Å². The maximum absolute atomic E-state index is 9.47. The summed E-state index contributed by atoms with van der Waals surface area (Å²) in [7, 11) is 0. The third-order valence-electron chi connectivity index (χ3n) is 5.58. The molecule has 33 heavy (non-hydrogen) atoms. The van der Waals surface area contributed by atoms with E-state index in [4.69, 9.17) is 10.5 Å². The summed E-state index contributed by atoms with van der Waals surface area (Å²) in [5, 5.41) is 9.47.